The Balaban J connectivity index is 2.56. The smallest absolute Gasteiger partial charge is 0.0930 e. The maximum absolute atomic E-state index is 9.67. The molecule has 1 atom stereocenters. The highest BCUT2D eigenvalue weighted by molar-refractivity contribution is 5.23. The Morgan fingerprint density at radius 1 is 1.40 bits per heavy atom. The zero-order chi connectivity index (χ0) is 11.1. The van der Waals surface area contributed by atoms with Crippen LogP contribution in [-0.4, -0.2) is 11.2 Å². The summed E-state index contributed by atoms with van der Waals surface area (Å²) >= 11 is 0. The lowest BCUT2D eigenvalue weighted by atomic mass is 10.0. The Kier molecular flexibility index (Phi) is 5.32. The van der Waals surface area contributed by atoms with Gasteiger partial charge in [0.05, 0.1) is 12.7 Å². The summed E-state index contributed by atoms with van der Waals surface area (Å²) in [6.07, 6.45) is 2.31. The predicted molar refractivity (Wildman–Crippen MR) is 60.0 cm³/mol. The van der Waals surface area contributed by atoms with E-state index in [1.807, 2.05) is 24.3 Å². The van der Waals surface area contributed by atoms with Crippen molar-refractivity contribution < 1.29 is 9.94 Å². The number of aliphatic hydroxyl groups excluding tert-OH is 1. The molecule has 15 heavy (non-hydrogen) atoms. The highest BCUT2D eigenvalue weighted by atomic mass is 16.6. The van der Waals surface area contributed by atoms with Crippen molar-refractivity contribution in [2.75, 3.05) is 0 Å². The van der Waals surface area contributed by atoms with Gasteiger partial charge < -0.3 is 5.11 Å². The summed E-state index contributed by atoms with van der Waals surface area (Å²) in [7, 11) is 0. The van der Waals surface area contributed by atoms with Crippen LogP contribution in [0.5, 0.6) is 0 Å². The topological polar surface area (TPSA) is 55.5 Å². The van der Waals surface area contributed by atoms with Crippen molar-refractivity contribution in [2.24, 2.45) is 5.90 Å². The third-order valence-corrected chi connectivity index (χ3v) is 2.33. The van der Waals surface area contributed by atoms with E-state index in [-0.39, 0.29) is 6.10 Å². The van der Waals surface area contributed by atoms with Gasteiger partial charge in [0, 0.05) is 0 Å². The molecule has 84 valence electrons. The van der Waals surface area contributed by atoms with E-state index >= 15 is 0 Å². The molecule has 0 fully saturated rings. The minimum atomic E-state index is -0.246. The fourth-order valence-corrected chi connectivity index (χ4v) is 1.65. The van der Waals surface area contributed by atoms with Gasteiger partial charge in [0.15, 0.2) is 0 Å². The third-order valence-electron chi connectivity index (χ3n) is 2.33. The molecule has 3 N–H and O–H groups in total. The monoisotopic (exact) mass is 209 g/mol. The number of rotatable bonds is 6. The van der Waals surface area contributed by atoms with E-state index in [0.29, 0.717) is 13.0 Å². The van der Waals surface area contributed by atoms with Gasteiger partial charge in [0.1, 0.15) is 0 Å². The molecule has 0 bridgehead atoms. The second-order valence-electron chi connectivity index (χ2n) is 3.78. The Labute approximate surface area is 90.8 Å². The zero-order valence-electron chi connectivity index (χ0n) is 9.15. The van der Waals surface area contributed by atoms with Gasteiger partial charge in [0.25, 0.3) is 0 Å². The lowest BCUT2D eigenvalue weighted by Crippen LogP contribution is -2.10. The Morgan fingerprint density at radius 2 is 2.13 bits per heavy atom. The molecule has 0 spiro atoms. The zero-order valence-corrected chi connectivity index (χ0v) is 9.15. The summed E-state index contributed by atoms with van der Waals surface area (Å²) in [5, 5.41) is 9.67. The van der Waals surface area contributed by atoms with Crippen molar-refractivity contribution in [1.82, 2.24) is 0 Å². The lowest BCUT2D eigenvalue weighted by Gasteiger charge is -2.10. The van der Waals surface area contributed by atoms with Crippen molar-refractivity contribution in [3.8, 4) is 0 Å². The Morgan fingerprint density at radius 3 is 2.80 bits per heavy atom. The number of benzene rings is 1. The molecule has 0 aliphatic rings. The van der Waals surface area contributed by atoms with Gasteiger partial charge in [-0.3, -0.25) is 4.84 Å². The highest BCUT2D eigenvalue weighted by Gasteiger charge is 2.04. The molecule has 0 aliphatic carbocycles. The third kappa shape index (κ3) is 4.42. The van der Waals surface area contributed by atoms with Crippen LogP contribution in [0.4, 0.5) is 0 Å². The fraction of sp³-hybridized carbons (Fsp3) is 0.500. The molecule has 1 unspecified atom stereocenters. The largest absolute Gasteiger partial charge is 0.393 e. The number of nitrogens with two attached hydrogens (primary N) is 1. The van der Waals surface area contributed by atoms with Crippen LogP contribution in [0.15, 0.2) is 24.3 Å². The minimum Gasteiger partial charge on any atom is -0.393 e. The van der Waals surface area contributed by atoms with Crippen LogP contribution in [-0.2, 0) is 17.9 Å². The number of hydrogen-bond donors (Lipinski definition) is 2. The van der Waals surface area contributed by atoms with E-state index in [1.165, 1.54) is 0 Å². The molecule has 3 nitrogen and oxygen atoms in total. The van der Waals surface area contributed by atoms with Gasteiger partial charge in [-0.15, -0.1) is 0 Å². The van der Waals surface area contributed by atoms with Crippen LogP contribution in [0, 0.1) is 0 Å². The first kappa shape index (κ1) is 12.2. The molecule has 1 rings (SSSR count). The summed E-state index contributed by atoms with van der Waals surface area (Å²) in [6, 6.07) is 7.95. The average molecular weight is 209 g/mol. The first-order chi connectivity index (χ1) is 7.26. The SMILES string of the molecule is CCCC(O)Cc1cccc(CON)c1. The van der Waals surface area contributed by atoms with Crippen LogP contribution in [0.2, 0.25) is 0 Å². The molecular formula is C12H19NO2. The molecule has 1 aromatic rings. The molecule has 0 heterocycles. The van der Waals surface area contributed by atoms with Crippen LogP contribution in [0.3, 0.4) is 0 Å². The van der Waals surface area contributed by atoms with Gasteiger partial charge in [-0.1, -0.05) is 37.6 Å². The number of aliphatic hydroxyl groups is 1. The van der Waals surface area contributed by atoms with E-state index < -0.39 is 0 Å². The lowest BCUT2D eigenvalue weighted by molar-refractivity contribution is 0.124. The second kappa shape index (κ2) is 6.56. The van der Waals surface area contributed by atoms with Gasteiger partial charge in [-0.2, -0.15) is 0 Å². The molecular weight excluding hydrogens is 190 g/mol. The molecule has 0 amide bonds. The van der Waals surface area contributed by atoms with Crippen molar-refractivity contribution in [3.05, 3.63) is 35.4 Å². The summed E-state index contributed by atoms with van der Waals surface area (Å²) in [5.74, 6) is 5.01. The summed E-state index contributed by atoms with van der Waals surface area (Å²) < 4.78 is 0. The highest BCUT2D eigenvalue weighted by Crippen LogP contribution is 2.10. The molecule has 1 aromatic carbocycles. The first-order valence-electron chi connectivity index (χ1n) is 5.33. The fourth-order valence-electron chi connectivity index (χ4n) is 1.65. The maximum Gasteiger partial charge on any atom is 0.0930 e. The first-order valence-corrected chi connectivity index (χ1v) is 5.33. The predicted octanol–water partition coefficient (Wildman–Crippen LogP) is 1.78. The molecule has 0 saturated heterocycles. The van der Waals surface area contributed by atoms with Crippen molar-refractivity contribution in [1.29, 1.82) is 0 Å². The van der Waals surface area contributed by atoms with Crippen LogP contribution in [0.25, 0.3) is 0 Å². The summed E-state index contributed by atoms with van der Waals surface area (Å²) in [5.41, 5.74) is 2.17. The normalized spacial score (nSPS) is 12.7. The standard InChI is InChI=1S/C12H19NO2/c1-2-4-12(14)8-10-5-3-6-11(7-10)9-15-13/h3,5-7,12,14H,2,4,8-9,13H2,1H3. The molecule has 3 heteroatoms. The van der Waals surface area contributed by atoms with Crippen LogP contribution >= 0.6 is 0 Å². The van der Waals surface area contributed by atoms with Gasteiger partial charge >= 0.3 is 0 Å². The Hall–Kier alpha value is -0.900. The molecule has 0 aromatic heterocycles. The maximum atomic E-state index is 9.67. The number of hydrogen-bond acceptors (Lipinski definition) is 3. The molecule has 0 saturated carbocycles. The van der Waals surface area contributed by atoms with Gasteiger partial charge in [-0.05, 0) is 24.0 Å². The molecule has 0 radical (unpaired) electrons. The quantitative estimate of drug-likeness (QED) is 0.702. The van der Waals surface area contributed by atoms with E-state index in [9.17, 15) is 5.11 Å². The van der Waals surface area contributed by atoms with Crippen molar-refractivity contribution in [3.63, 3.8) is 0 Å². The van der Waals surface area contributed by atoms with Gasteiger partial charge in [-0.25, -0.2) is 5.90 Å². The van der Waals surface area contributed by atoms with E-state index in [1.54, 1.807) is 0 Å². The Bertz CT molecular complexity index is 289. The summed E-state index contributed by atoms with van der Waals surface area (Å²) in [4.78, 5) is 4.57. The van der Waals surface area contributed by atoms with E-state index in [4.69, 9.17) is 5.90 Å². The second-order valence-corrected chi connectivity index (χ2v) is 3.78. The van der Waals surface area contributed by atoms with Crippen LogP contribution in [0.1, 0.15) is 30.9 Å². The summed E-state index contributed by atoms with van der Waals surface area (Å²) in [6.45, 7) is 2.49. The molecule has 0 aliphatic heterocycles. The van der Waals surface area contributed by atoms with E-state index in [2.05, 4.69) is 11.8 Å². The van der Waals surface area contributed by atoms with E-state index in [0.717, 1.165) is 24.0 Å². The van der Waals surface area contributed by atoms with Gasteiger partial charge in [0.2, 0.25) is 0 Å². The average Bonchev–Trinajstić information content (AvgIpc) is 2.19. The van der Waals surface area contributed by atoms with Crippen molar-refractivity contribution in [2.45, 2.75) is 38.9 Å². The van der Waals surface area contributed by atoms with Crippen molar-refractivity contribution >= 4 is 0 Å². The van der Waals surface area contributed by atoms with Crippen LogP contribution < -0.4 is 5.90 Å². The minimum absolute atomic E-state index is 0.246.